The number of carbonyl (C=O) groups excluding carboxylic acids is 1. The Kier molecular flexibility index (Phi) is 5.21. The van der Waals surface area contributed by atoms with Gasteiger partial charge >= 0.3 is 0 Å². The Morgan fingerprint density at radius 3 is 2.86 bits per heavy atom. The van der Waals surface area contributed by atoms with Gasteiger partial charge in [0, 0.05) is 13.6 Å². The molecule has 0 spiro atoms. The van der Waals surface area contributed by atoms with E-state index >= 15 is 0 Å². The third kappa shape index (κ3) is 3.82. The Bertz CT molecular complexity index is 950. The zero-order chi connectivity index (χ0) is 19.5. The van der Waals surface area contributed by atoms with Crippen molar-refractivity contribution in [1.82, 2.24) is 24.8 Å². The maximum atomic E-state index is 13.0. The van der Waals surface area contributed by atoms with Crippen LogP contribution >= 0.6 is 0 Å². The van der Waals surface area contributed by atoms with E-state index in [9.17, 15) is 4.79 Å². The van der Waals surface area contributed by atoms with Crippen LogP contribution in [0.25, 0.3) is 0 Å². The molecule has 0 saturated carbocycles. The van der Waals surface area contributed by atoms with Gasteiger partial charge in [-0.3, -0.25) is 9.48 Å². The number of hydrogen-bond donors (Lipinski definition) is 0. The molecule has 3 heterocycles. The lowest BCUT2D eigenvalue weighted by atomic mass is 10.2. The lowest BCUT2D eigenvalue weighted by molar-refractivity contribution is 0.0717. The van der Waals surface area contributed by atoms with Crippen molar-refractivity contribution in [3.8, 4) is 0 Å². The molecule has 0 bridgehead atoms. The number of aromatic nitrogens is 4. The average molecular weight is 381 g/mol. The molecule has 1 amide bonds. The van der Waals surface area contributed by atoms with Crippen molar-refractivity contribution in [3.05, 3.63) is 65.1 Å². The van der Waals surface area contributed by atoms with Gasteiger partial charge in [0.25, 0.3) is 11.8 Å². The number of nitrogens with zero attached hydrogens (tertiary/aromatic N) is 5. The monoisotopic (exact) mass is 381 g/mol. The standard InChI is InChI=1S/C20H23N5O3/c1-14-11-17(24(2)22-14)20(26)25-10-6-9-16(25)19-21-18(28-23-19)13-27-12-15-7-4-3-5-8-15/h3-5,7-8,11,16H,6,9-10,12-13H2,1-2H3. The van der Waals surface area contributed by atoms with Crippen molar-refractivity contribution < 1.29 is 14.1 Å². The fourth-order valence-corrected chi connectivity index (χ4v) is 3.53. The highest BCUT2D eigenvalue weighted by molar-refractivity contribution is 5.93. The molecule has 1 atom stereocenters. The molecule has 8 nitrogen and oxygen atoms in total. The van der Waals surface area contributed by atoms with Crippen LogP contribution in [0.2, 0.25) is 0 Å². The third-order valence-corrected chi connectivity index (χ3v) is 4.85. The van der Waals surface area contributed by atoms with Crippen LogP contribution < -0.4 is 0 Å². The summed E-state index contributed by atoms with van der Waals surface area (Å²) in [5.74, 6) is 0.891. The van der Waals surface area contributed by atoms with E-state index in [0.717, 1.165) is 24.1 Å². The minimum absolute atomic E-state index is 0.0581. The molecule has 0 radical (unpaired) electrons. The lowest BCUT2D eigenvalue weighted by Crippen LogP contribution is -2.32. The first-order chi connectivity index (χ1) is 13.6. The molecule has 1 aliphatic rings. The summed E-state index contributed by atoms with van der Waals surface area (Å²) in [5, 5.41) is 8.36. The summed E-state index contributed by atoms with van der Waals surface area (Å²) in [7, 11) is 1.78. The largest absolute Gasteiger partial charge is 0.367 e. The summed E-state index contributed by atoms with van der Waals surface area (Å²) < 4.78 is 12.6. The van der Waals surface area contributed by atoms with Crippen LogP contribution in [0.1, 0.15) is 52.3 Å². The van der Waals surface area contributed by atoms with Crippen LogP contribution in [0.15, 0.2) is 40.9 Å². The Morgan fingerprint density at radius 1 is 1.29 bits per heavy atom. The molecular formula is C20H23N5O3. The number of hydrogen-bond acceptors (Lipinski definition) is 6. The van der Waals surface area contributed by atoms with Gasteiger partial charge in [0.05, 0.1) is 18.3 Å². The van der Waals surface area contributed by atoms with Gasteiger partial charge in [0.1, 0.15) is 12.3 Å². The van der Waals surface area contributed by atoms with Gasteiger partial charge in [0.15, 0.2) is 5.82 Å². The summed E-state index contributed by atoms with van der Waals surface area (Å²) >= 11 is 0. The molecule has 3 aromatic rings. The number of amides is 1. The first-order valence-electron chi connectivity index (χ1n) is 9.37. The smallest absolute Gasteiger partial charge is 0.272 e. The van der Waals surface area contributed by atoms with Gasteiger partial charge < -0.3 is 14.2 Å². The molecule has 1 fully saturated rings. The molecular weight excluding hydrogens is 358 g/mol. The van der Waals surface area contributed by atoms with E-state index in [0.29, 0.717) is 30.6 Å². The Hall–Kier alpha value is -3.00. The Morgan fingerprint density at radius 2 is 2.11 bits per heavy atom. The second-order valence-corrected chi connectivity index (χ2v) is 6.98. The normalized spacial score (nSPS) is 16.6. The lowest BCUT2D eigenvalue weighted by Gasteiger charge is -2.22. The molecule has 1 aliphatic heterocycles. The fourth-order valence-electron chi connectivity index (χ4n) is 3.53. The van der Waals surface area contributed by atoms with Crippen LogP contribution in [0.5, 0.6) is 0 Å². The fraction of sp³-hybridized carbons (Fsp3) is 0.400. The minimum Gasteiger partial charge on any atom is -0.367 e. The van der Waals surface area contributed by atoms with E-state index in [1.807, 2.05) is 37.3 Å². The van der Waals surface area contributed by atoms with Gasteiger partial charge in [-0.1, -0.05) is 35.5 Å². The van der Waals surface area contributed by atoms with Gasteiger partial charge in [-0.25, -0.2) is 0 Å². The first kappa shape index (κ1) is 18.4. The summed E-state index contributed by atoms with van der Waals surface area (Å²) in [6, 6.07) is 11.5. The second-order valence-electron chi connectivity index (χ2n) is 6.98. The quantitative estimate of drug-likeness (QED) is 0.653. The highest BCUT2D eigenvalue weighted by Crippen LogP contribution is 2.31. The van der Waals surface area contributed by atoms with Crippen LogP contribution in [-0.4, -0.2) is 37.3 Å². The topological polar surface area (TPSA) is 86.3 Å². The van der Waals surface area contributed by atoms with Crippen molar-refractivity contribution in [2.45, 2.75) is 39.0 Å². The van der Waals surface area contributed by atoms with Crippen LogP contribution in [0.3, 0.4) is 0 Å². The maximum absolute atomic E-state index is 13.0. The summed E-state index contributed by atoms with van der Waals surface area (Å²) in [6.45, 7) is 3.26. The molecule has 0 aliphatic carbocycles. The number of likely N-dealkylation sites (tertiary alicyclic amines) is 1. The molecule has 1 saturated heterocycles. The molecule has 8 heteroatoms. The van der Waals surface area contributed by atoms with Gasteiger partial charge in [-0.15, -0.1) is 0 Å². The number of benzene rings is 1. The van der Waals surface area contributed by atoms with E-state index in [1.165, 1.54) is 0 Å². The minimum atomic E-state index is -0.186. The second kappa shape index (κ2) is 7.93. The van der Waals surface area contributed by atoms with E-state index < -0.39 is 0 Å². The highest BCUT2D eigenvalue weighted by atomic mass is 16.5. The zero-order valence-electron chi connectivity index (χ0n) is 16.0. The van der Waals surface area contributed by atoms with Crippen LogP contribution in [0.4, 0.5) is 0 Å². The van der Waals surface area contributed by atoms with Crippen LogP contribution in [-0.2, 0) is 25.0 Å². The summed E-state index contributed by atoms with van der Waals surface area (Å²) in [4.78, 5) is 19.2. The molecule has 2 aromatic heterocycles. The number of rotatable bonds is 6. The van der Waals surface area contributed by atoms with Gasteiger partial charge in [-0.2, -0.15) is 10.1 Å². The van der Waals surface area contributed by atoms with Crippen molar-refractivity contribution in [2.24, 2.45) is 7.05 Å². The molecule has 0 N–H and O–H groups in total. The Balaban J connectivity index is 1.41. The molecule has 4 rings (SSSR count). The van der Waals surface area contributed by atoms with Crippen molar-refractivity contribution >= 4 is 5.91 Å². The summed E-state index contributed by atoms with van der Waals surface area (Å²) in [6.07, 6.45) is 1.72. The van der Waals surface area contributed by atoms with E-state index in [-0.39, 0.29) is 18.6 Å². The van der Waals surface area contributed by atoms with Crippen LogP contribution in [0, 0.1) is 6.92 Å². The van der Waals surface area contributed by atoms with Crippen molar-refractivity contribution in [1.29, 1.82) is 0 Å². The van der Waals surface area contributed by atoms with E-state index in [4.69, 9.17) is 9.26 Å². The maximum Gasteiger partial charge on any atom is 0.272 e. The predicted molar refractivity (Wildman–Crippen MR) is 100 cm³/mol. The first-order valence-corrected chi connectivity index (χ1v) is 9.37. The van der Waals surface area contributed by atoms with Crippen molar-refractivity contribution in [2.75, 3.05) is 6.54 Å². The number of aryl methyl sites for hydroxylation is 2. The summed E-state index contributed by atoms with van der Waals surface area (Å²) in [5.41, 5.74) is 2.47. The number of ether oxygens (including phenoxy) is 1. The van der Waals surface area contributed by atoms with Gasteiger partial charge in [0.2, 0.25) is 0 Å². The molecule has 146 valence electrons. The van der Waals surface area contributed by atoms with E-state index in [2.05, 4.69) is 15.2 Å². The predicted octanol–water partition coefficient (Wildman–Crippen LogP) is 2.81. The van der Waals surface area contributed by atoms with E-state index in [1.54, 1.807) is 22.7 Å². The zero-order valence-corrected chi connectivity index (χ0v) is 16.0. The van der Waals surface area contributed by atoms with Gasteiger partial charge in [-0.05, 0) is 31.4 Å². The average Bonchev–Trinajstić information content (AvgIpc) is 3.41. The highest BCUT2D eigenvalue weighted by Gasteiger charge is 2.35. The van der Waals surface area contributed by atoms with Crippen molar-refractivity contribution in [3.63, 3.8) is 0 Å². The SMILES string of the molecule is Cc1cc(C(=O)N2CCCC2c2noc(COCc3ccccc3)n2)n(C)n1. The number of carbonyl (C=O) groups is 1. The third-order valence-electron chi connectivity index (χ3n) is 4.85. The molecule has 1 unspecified atom stereocenters. The molecule has 1 aromatic carbocycles. The molecule has 28 heavy (non-hydrogen) atoms. The Labute approximate surface area is 163 Å².